The van der Waals surface area contributed by atoms with Crippen LogP contribution in [0.5, 0.6) is 0 Å². The predicted molar refractivity (Wildman–Crippen MR) is 59.3 cm³/mol. The Hall–Kier alpha value is -0.120. The van der Waals surface area contributed by atoms with Gasteiger partial charge < -0.3 is 9.64 Å². The number of piperidine rings is 1. The lowest BCUT2D eigenvalue weighted by molar-refractivity contribution is 0.0738. The van der Waals surface area contributed by atoms with Crippen LogP contribution in [0.25, 0.3) is 0 Å². The van der Waals surface area contributed by atoms with Crippen molar-refractivity contribution in [3.63, 3.8) is 0 Å². The van der Waals surface area contributed by atoms with Crippen molar-refractivity contribution < 1.29 is 4.74 Å². The summed E-state index contributed by atoms with van der Waals surface area (Å²) in [6, 6.07) is 0. The lowest BCUT2D eigenvalue weighted by Gasteiger charge is -2.30. The minimum atomic E-state index is 0.753. The summed E-state index contributed by atoms with van der Waals surface area (Å²) in [6.07, 6.45) is 4.09. The van der Waals surface area contributed by atoms with Gasteiger partial charge in [0.25, 0.3) is 0 Å². The Labute approximate surface area is 88.0 Å². The van der Waals surface area contributed by atoms with Gasteiger partial charge in [-0.05, 0) is 45.8 Å². The van der Waals surface area contributed by atoms with Gasteiger partial charge in [0.15, 0.2) is 0 Å². The van der Waals surface area contributed by atoms with Gasteiger partial charge in [0.2, 0.25) is 0 Å². The van der Waals surface area contributed by atoms with E-state index in [0.717, 1.165) is 19.2 Å². The van der Waals surface area contributed by atoms with E-state index in [1.807, 2.05) is 0 Å². The molecule has 0 amide bonds. The molecule has 0 aromatic carbocycles. The second kappa shape index (κ2) is 6.38. The standard InChI is InChI=1S/C11H24N2O/c1-12-7-4-5-11(9-12)6-8-13(2)10-14-3/h11H,4-10H2,1-3H3. The van der Waals surface area contributed by atoms with Crippen molar-refractivity contribution in [2.45, 2.75) is 19.3 Å². The SMILES string of the molecule is COCN(C)CCC1CCCN(C)C1. The third-order valence-corrected chi connectivity index (χ3v) is 2.99. The van der Waals surface area contributed by atoms with E-state index in [-0.39, 0.29) is 0 Å². The number of rotatable bonds is 5. The summed E-state index contributed by atoms with van der Waals surface area (Å²) in [5.74, 6) is 0.896. The molecule has 0 saturated carbocycles. The molecule has 14 heavy (non-hydrogen) atoms. The summed E-state index contributed by atoms with van der Waals surface area (Å²) < 4.78 is 5.08. The van der Waals surface area contributed by atoms with Gasteiger partial charge in [-0.25, -0.2) is 0 Å². The van der Waals surface area contributed by atoms with Crippen LogP contribution in [0.3, 0.4) is 0 Å². The van der Waals surface area contributed by atoms with Crippen LogP contribution in [-0.4, -0.2) is 57.4 Å². The molecule has 3 nitrogen and oxygen atoms in total. The van der Waals surface area contributed by atoms with Crippen LogP contribution in [0.2, 0.25) is 0 Å². The topological polar surface area (TPSA) is 15.7 Å². The lowest BCUT2D eigenvalue weighted by Crippen LogP contribution is -2.34. The third kappa shape index (κ3) is 4.40. The highest BCUT2D eigenvalue weighted by Gasteiger charge is 2.16. The van der Waals surface area contributed by atoms with E-state index in [4.69, 9.17) is 4.74 Å². The number of methoxy groups -OCH3 is 1. The number of ether oxygens (including phenoxy) is 1. The maximum absolute atomic E-state index is 5.08. The summed E-state index contributed by atoms with van der Waals surface area (Å²) in [7, 11) is 6.10. The van der Waals surface area contributed by atoms with Crippen molar-refractivity contribution in [2.75, 3.05) is 47.6 Å². The largest absolute Gasteiger partial charge is 0.369 e. The van der Waals surface area contributed by atoms with Crippen LogP contribution in [-0.2, 0) is 4.74 Å². The highest BCUT2D eigenvalue weighted by molar-refractivity contribution is 4.71. The van der Waals surface area contributed by atoms with Crippen molar-refractivity contribution in [3.8, 4) is 0 Å². The highest BCUT2D eigenvalue weighted by Crippen LogP contribution is 2.18. The Balaban J connectivity index is 2.10. The average Bonchev–Trinajstić information content (AvgIpc) is 2.15. The van der Waals surface area contributed by atoms with Crippen LogP contribution in [0.4, 0.5) is 0 Å². The van der Waals surface area contributed by atoms with Crippen LogP contribution in [0, 0.1) is 5.92 Å². The van der Waals surface area contributed by atoms with Gasteiger partial charge in [-0.15, -0.1) is 0 Å². The summed E-state index contributed by atoms with van der Waals surface area (Å²) in [5, 5.41) is 0. The normalized spacial score (nSPS) is 24.4. The molecule has 1 atom stereocenters. The van der Waals surface area contributed by atoms with E-state index in [2.05, 4.69) is 23.9 Å². The van der Waals surface area contributed by atoms with Gasteiger partial charge >= 0.3 is 0 Å². The first-order valence-corrected chi connectivity index (χ1v) is 5.58. The van der Waals surface area contributed by atoms with Crippen LogP contribution in [0.15, 0.2) is 0 Å². The molecule has 1 fully saturated rings. The monoisotopic (exact) mass is 200 g/mol. The zero-order valence-corrected chi connectivity index (χ0v) is 9.83. The summed E-state index contributed by atoms with van der Waals surface area (Å²) >= 11 is 0. The molecule has 1 heterocycles. The number of hydrogen-bond donors (Lipinski definition) is 0. The average molecular weight is 200 g/mol. The van der Waals surface area contributed by atoms with Crippen molar-refractivity contribution in [1.82, 2.24) is 9.80 Å². The fourth-order valence-electron chi connectivity index (χ4n) is 2.20. The van der Waals surface area contributed by atoms with Crippen molar-refractivity contribution in [3.05, 3.63) is 0 Å². The molecule has 1 rings (SSSR count). The second-order valence-corrected chi connectivity index (χ2v) is 4.56. The van der Waals surface area contributed by atoms with Gasteiger partial charge in [0.1, 0.15) is 0 Å². The summed E-state index contributed by atoms with van der Waals surface area (Å²) in [4.78, 5) is 4.69. The molecule has 0 N–H and O–H groups in total. The summed E-state index contributed by atoms with van der Waals surface area (Å²) in [5.41, 5.74) is 0. The molecule has 1 unspecified atom stereocenters. The molecular formula is C11H24N2O. The molecule has 0 bridgehead atoms. The molecule has 0 aliphatic carbocycles. The van der Waals surface area contributed by atoms with E-state index in [0.29, 0.717) is 0 Å². The molecular weight excluding hydrogens is 176 g/mol. The molecule has 0 aromatic heterocycles. The first-order valence-electron chi connectivity index (χ1n) is 5.58. The van der Waals surface area contributed by atoms with E-state index >= 15 is 0 Å². The molecule has 3 heteroatoms. The first kappa shape index (κ1) is 12.0. The number of nitrogens with zero attached hydrogens (tertiary/aromatic N) is 2. The van der Waals surface area contributed by atoms with Gasteiger partial charge in [0, 0.05) is 20.2 Å². The van der Waals surface area contributed by atoms with Gasteiger partial charge in [-0.1, -0.05) is 0 Å². The Morgan fingerprint density at radius 1 is 1.50 bits per heavy atom. The molecule has 0 radical (unpaired) electrons. The Kier molecular flexibility index (Phi) is 5.45. The Bertz CT molecular complexity index is 152. The Morgan fingerprint density at radius 2 is 2.29 bits per heavy atom. The summed E-state index contributed by atoms with van der Waals surface area (Å²) in [6.45, 7) is 4.47. The van der Waals surface area contributed by atoms with Crippen LogP contribution < -0.4 is 0 Å². The van der Waals surface area contributed by atoms with E-state index in [1.165, 1.54) is 32.4 Å². The maximum atomic E-state index is 5.08. The quantitative estimate of drug-likeness (QED) is 0.621. The van der Waals surface area contributed by atoms with Crippen molar-refractivity contribution >= 4 is 0 Å². The first-order chi connectivity index (χ1) is 6.72. The van der Waals surface area contributed by atoms with E-state index < -0.39 is 0 Å². The third-order valence-electron chi connectivity index (χ3n) is 2.99. The van der Waals surface area contributed by atoms with Crippen molar-refractivity contribution in [2.24, 2.45) is 5.92 Å². The fraction of sp³-hybridized carbons (Fsp3) is 1.00. The number of likely N-dealkylation sites (tertiary alicyclic amines) is 1. The van der Waals surface area contributed by atoms with E-state index in [9.17, 15) is 0 Å². The minimum Gasteiger partial charge on any atom is -0.369 e. The molecule has 1 saturated heterocycles. The fourth-order valence-corrected chi connectivity index (χ4v) is 2.20. The van der Waals surface area contributed by atoms with Crippen LogP contribution in [0.1, 0.15) is 19.3 Å². The van der Waals surface area contributed by atoms with Gasteiger partial charge in [-0.3, -0.25) is 4.90 Å². The van der Waals surface area contributed by atoms with Crippen molar-refractivity contribution in [1.29, 1.82) is 0 Å². The molecule has 1 aliphatic heterocycles. The van der Waals surface area contributed by atoms with Gasteiger partial charge in [0.05, 0.1) is 6.73 Å². The van der Waals surface area contributed by atoms with Gasteiger partial charge in [-0.2, -0.15) is 0 Å². The lowest BCUT2D eigenvalue weighted by atomic mass is 9.95. The maximum Gasteiger partial charge on any atom is 0.0983 e. The zero-order valence-electron chi connectivity index (χ0n) is 9.83. The molecule has 1 aliphatic rings. The molecule has 84 valence electrons. The van der Waals surface area contributed by atoms with Crippen LogP contribution >= 0.6 is 0 Å². The second-order valence-electron chi connectivity index (χ2n) is 4.56. The zero-order chi connectivity index (χ0) is 10.4. The highest BCUT2D eigenvalue weighted by atomic mass is 16.5. The minimum absolute atomic E-state index is 0.753. The molecule has 0 aromatic rings. The predicted octanol–water partition coefficient (Wildman–Crippen LogP) is 1.25. The Morgan fingerprint density at radius 3 is 2.93 bits per heavy atom. The smallest absolute Gasteiger partial charge is 0.0983 e. The van der Waals surface area contributed by atoms with E-state index in [1.54, 1.807) is 7.11 Å². The number of hydrogen-bond acceptors (Lipinski definition) is 3. The molecule has 0 spiro atoms.